The van der Waals surface area contributed by atoms with Crippen molar-refractivity contribution in [1.82, 2.24) is 0 Å². The van der Waals surface area contributed by atoms with Crippen molar-refractivity contribution in [2.24, 2.45) is 0 Å². The largest absolute Gasteiger partial charge is 0.384 e. The summed E-state index contributed by atoms with van der Waals surface area (Å²) in [6, 6.07) is 12.9. The molecule has 0 saturated carbocycles. The van der Waals surface area contributed by atoms with Crippen LogP contribution in [-0.4, -0.2) is 26.5 Å². The summed E-state index contributed by atoms with van der Waals surface area (Å²) in [6.07, 6.45) is 0.347. The van der Waals surface area contributed by atoms with E-state index < -0.39 is 0 Å². The van der Waals surface area contributed by atoms with Gasteiger partial charge in [-0.25, -0.2) is 0 Å². The molecule has 0 aliphatic heterocycles. The van der Waals surface area contributed by atoms with Crippen LogP contribution in [0.2, 0.25) is 10.0 Å². The Morgan fingerprint density at radius 3 is 2.17 bits per heavy atom. The minimum Gasteiger partial charge on any atom is -0.384 e. The lowest BCUT2D eigenvalue weighted by Gasteiger charge is -2.13. The van der Waals surface area contributed by atoms with E-state index in [2.05, 4.69) is 10.6 Å². The Balaban J connectivity index is 1.80. The zero-order valence-electron chi connectivity index (χ0n) is 13.1. The highest BCUT2D eigenvalue weighted by Crippen LogP contribution is 2.22. The molecule has 0 aliphatic rings. The molecule has 2 aromatic carbocycles. The van der Waals surface area contributed by atoms with E-state index in [1.165, 1.54) is 0 Å². The van der Waals surface area contributed by atoms with Gasteiger partial charge in [-0.15, -0.1) is 0 Å². The van der Waals surface area contributed by atoms with Crippen molar-refractivity contribution in [1.29, 1.82) is 0 Å². The number of nitrogens with zero attached hydrogens (tertiary/aromatic N) is 1. The molecule has 1 amide bonds. The van der Waals surface area contributed by atoms with Gasteiger partial charge in [0.25, 0.3) is 0 Å². The Morgan fingerprint density at radius 1 is 1.00 bits per heavy atom. The van der Waals surface area contributed by atoms with Crippen molar-refractivity contribution in [3.63, 3.8) is 0 Å². The summed E-state index contributed by atoms with van der Waals surface area (Å²) >= 11 is 11.9. The van der Waals surface area contributed by atoms with E-state index >= 15 is 0 Å². The normalized spacial score (nSPS) is 10.3. The van der Waals surface area contributed by atoms with Crippen molar-refractivity contribution in [3.8, 4) is 0 Å². The Hall–Kier alpha value is -1.91. The van der Waals surface area contributed by atoms with Gasteiger partial charge in [0.15, 0.2) is 0 Å². The lowest BCUT2D eigenvalue weighted by atomic mass is 10.2. The van der Waals surface area contributed by atoms with Gasteiger partial charge in [0.05, 0.1) is 0 Å². The monoisotopic (exact) mass is 351 g/mol. The van der Waals surface area contributed by atoms with Gasteiger partial charge in [0.2, 0.25) is 5.91 Å². The molecule has 0 unspecified atom stereocenters. The van der Waals surface area contributed by atoms with E-state index in [1.54, 1.807) is 18.2 Å². The van der Waals surface area contributed by atoms with Gasteiger partial charge >= 0.3 is 0 Å². The van der Waals surface area contributed by atoms with Crippen LogP contribution in [0.3, 0.4) is 0 Å². The number of hydrogen-bond donors (Lipinski definition) is 2. The highest BCUT2D eigenvalue weighted by molar-refractivity contribution is 6.35. The van der Waals surface area contributed by atoms with Gasteiger partial charge in [-0.1, -0.05) is 23.2 Å². The first-order valence-corrected chi connectivity index (χ1v) is 7.97. The lowest BCUT2D eigenvalue weighted by Crippen LogP contribution is -2.16. The standard InChI is InChI=1S/C17H19Cl2N3O/c1-22(2)16-5-3-14(4-6-16)21-17(23)7-8-20-15-10-12(18)9-13(19)11-15/h3-6,9-11,20H,7-8H2,1-2H3,(H,21,23). The molecule has 0 atom stereocenters. The predicted octanol–water partition coefficient (Wildman–Crippen LogP) is 4.50. The third-order valence-electron chi connectivity index (χ3n) is 3.21. The summed E-state index contributed by atoms with van der Waals surface area (Å²) in [5, 5.41) is 7.12. The van der Waals surface area contributed by atoms with Crippen molar-refractivity contribution >= 4 is 46.2 Å². The molecule has 0 radical (unpaired) electrons. The summed E-state index contributed by atoms with van der Waals surface area (Å²) in [4.78, 5) is 13.9. The molecule has 0 aliphatic carbocycles. The van der Waals surface area contributed by atoms with Crippen LogP contribution in [0.25, 0.3) is 0 Å². The minimum absolute atomic E-state index is 0.0526. The molecule has 0 heterocycles. The van der Waals surface area contributed by atoms with Crippen molar-refractivity contribution < 1.29 is 4.79 Å². The van der Waals surface area contributed by atoms with Crippen LogP contribution >= 0.6 is 23.2 Å². The number of amides is 1. The molecule has 0 aromatic heterocycles. The van der Waals surface area contributed by atoms with E-state index in [4.69, 9.17) is 23.2 Å². The second-order valence-electron chi connectivity index (χ2n) is 5.32. The maximum Gasteiger partial charge on any atom is 0.226 e. The molecular weight excluding hydrogens is 333 g/mol. The summed E-state index contributed by atoms with van der Waals surface area (Å²) in [5.74, 6) is -0.0526. The average Bonchev–Trinajstić information content (AvgIpc) is 2.46. The van der Waals surface area contributed by atoms with Gasteiger partial charge in [0, 0.05) is 54.2 Å². The van der Waals surface area contributed by atoms with Gasteiger partial charge < -0.3 is 15.5 Å². The zero-order chi connectivity index (χ0) is 16.8. The van der Waals surface area contributed by atoms with Crippen molar-refractivity contribution in [3.05, 3.63) is 52.5 Å². The fraction of sp³-hybridized carbons (Fsp3) is 0.235. The third-order valence-corrected chi connectivity index (χ3v) is 3.65. The fourth-order valence-corrected chi connectivity index (χ4v) is 2.57. The van der Waals surface area contributed by atoms with E-state index in [0.29, 0.717) is 23.0 Å². The number of benzene rings is 2. The fourth-order valence-electron chi connectivity index (χ4n) is 2.04. The molecule has 4 nitrogen and oxygen atoms in total. The zero-order valence-corrected chi connectivity index (χ0v) is 14.6. The first-order chi connectivity index (χ1) is 10.9. The van der Waals surface area contributed by atoms with Crippen LogP contribution in [0.4, 0.5) is 17.1 Å². The molecule has 2 aromatic rings. The Bertz CT molecular complexity index is 652. The predicted molar refractivity (Wildman–Crippen MR) is 99.0 cm³/mol. The SMILES string of the molecule is CN(C)c1ccc(NC(=O)CCNc2cc(Cl)cc(Cl)c2)cc1. The summed E-state index contributed by atoms with van der Waals surface area (Å²) in [7, 11) is 3.95. The Kier molecular flexibility index (Phi) is 6.13. The number of halogens is 2. The Labute approximate surface area is 146 Å². The first-order valence-electron chi connectivity index (χ1n) is 7.21. The maximum atomic E-state index is 11.9. The minimum atomic E-state index is -0.0526. The molecule has 0 fully saturated rings. The van der Waals surface area contributed by atoms with Crippen LogP contribution in [-0.2, 0) is 4.79 Å². The maximum absolute atomic E-state index is 11.9. The van der Waals surface area contributed by atoms with Gasteiger partial charge in [0.1, 0.15) is 0 Å². The van der Waals surface area contributed by atoms with E-state index in [1.807, 2.05) is 43.3 Å². The summed E-state index contributed by atoms with van der Waals surface area (Å²) in [6.45, 7) is 0.498. The van der Waals surface area contributed by atoms with Crippen molar-refractivity contribution in [2.45, 2.75) is 6.42 Å². The summed E-state index contributed by atoms with van der Waals surface area (Å²) in [5.41, 5.74) is 2.67. The number of carbonyl (C=O) groups excluding carboxylic acids is 1. The highest BCUT2D eigenvalue weighted by Gasteiger charge is 2.04. The molecule has 122 valence electrons. The molecule has 0 bridgehead atoms. The first kappa shape index (κ1) is 17.4. The number of carbonyl (C=O) groups is 1. The number of nitrogens with one attached hydrogen (secondary N) is 2. The van der Waals surface area contributed by atoms with Crippen LogP contribution in [0.15, 0.2) is 42.5 Å². The molecule has 23 heavy (non-hydrogen) atoms. The number of hydrogen-bond acceptors (Lipinski definition) is 3. The van der Waals surface area contributed by atoms with Gasteiger partial charge in [-0.05, 0) is 42.5 Å². The van der Waals surface area contributed by atoms with Crippen LogP contribution in [0, 0.1) is 0 Å². The van der Waals surface area contributed by atoms with E-state index in [9.17, 15) is 4.79 Å². The number of anilines is 3. The van der Waals surface area contributed by atoms with E-state index in [0.717, 1.165) is 17.1 Å². The average molecular weight is 352 g/mol. The summed E-state index contributed by atoms with van der Waals surface area (Å²) < 4.78 is 0. The van der Waals surface area contributed by atoms with Crippen LogP contribution in [0.5, 0.6) is 0 Å². The Morgan fingerprint density at radius 2 is 1.61 bits per heavy atom. The molecule has 2 rings (SSSR count). The molecule has 0 saturated heterocycles. The second kappa shape index (κ2) is 8.09. The molecule has 0 spiro atoms. The third kappa shape index (κ3) is 5.66. The van der Waals surface area contributed by atoms with Gasteiger partial charge in [-0.2, -0.15) is 0 Å². The second-order valence-corrected chi connectivity index (χ2v) is 6.20. The topological polar surface area (TPSA) is 44.4 Å². The molecular formula is C17H19Cl2N3O. The molecule has 2 N–H and O–H groups in total. The highest BCUT2D eigenvalue weighted by atomic mass is 35.5. The smallest absolute Gasteiger partial charge is 0.226 e. The quantitative estimate of drug-likeness (QED) is 0.805. The van der Waals surface area contributed by atoms with E-state index in [-0.39, 0.29) is 5.91 Å². The number of rotatable bonds is 6. The van der Waals surface area contributed by atoms with Crippen molar-refractivity contribution in [2.75, 3.05) is 36.2 Å². The molecule has 6 heteroatoms. The van der Waals surface area contributed by atoms with Gasteiger partial charge in [-0.3, -0.25) is 4.79 Å². The lowest BCUT2D eigenvalue weighted by molar-refractivity contribution is -0.115. The van der Waals surface area contributed by atoms with Crippen LogP contribution < -0.4 is 15.5 Å². The van der Waals surface area contributed by atoms with Crippen LogP contribution in [0.1, 0.15) is 6.42 Å².